The number of carbonyl (C=O) groups is 1. The van der Waals surface area contributed by atoms with Gasteiger partial charge in [-0.1, -0.05) is 46.6 Å². The summed E-state index contributed by atoms with van der Waals surface area (Å²) in [6.07, 6.45) is 3.14. The molecule has 0 saturated heterocycles. The standard InChI is InChI=1S/C13H15BrO2/c1-3-10(9-14)8-11-4-6-12(7-5-11)13(15)16-2/h4-8H,3,9H2,1-2H3. The quantitative estimate of drug-likeness (QED) is 0.622. The summed E-state index contributed by atoms with van der Waals surface area (Å²) >= 11 is 3.44. The SMILES string of the molecule is CCC(=Cc1ccc(C(=O)OC)cc1)CBr. The number of allylic oxidation sites excluding steroid dienone is 1. The molecule has 0 heterocycles. The Balaban J connectivity index is 2.86. The predicted molar refractivity (Wildman–Crippen MR) is 69.8 cm³/mol. The van der Waals surface area contributed by atoms with Crippen LogP contribution in [0.4, 0.5) is 0 Å². The first-order chi connectivity index (χ1) is 7.71. The van der Waals surface area contributed by atoms with E-state index in [4.69, 9.17) is 0 Å². The molecule has 1 aromatic carbocycles. The van der Waals surface area contributed by atoms with Crippen LogP contribution in [0.3, 0.4) is 0 Å². The average Bonchev–Trinajstić information content (AvgIpc) is 2.35. The Kier molecular flexibility index (Phi) is 5.26. The molecule has 0 atom stereocenters. The van der Waals surface area contributed by atoms with Crippen LogP contribution in [0.25, 0.3) is 6.08 Å². The second-order valence-corrected chi connectivity index (χ2v) is 3.96. The van der Waals surface area contributed by atoms with Crippen LogP contribution in [0.2, 0.25) is 0 Å². The number of esters is 1. The van der Waals surface area contributed by atoms with Gasteiger partial charge in [-0.05, 0) is 24.1 Å². The van der Waals surface area contributed by atoms with E-state index in [1.807, 2.05) is 12.1 Å². The molecule has 0 aromatic heterocycles. The number of hydrogen-bond acceptors (Lipinski definition) is 2. The second kappa shape index (κ2) is 6.48. The van der Waals surface area contributed by atoms with Crippen LogP contribution in [-0.4, -0.2) is 18.4 Å². The molecule has 0 aliphatic heterocycles. The number of alkyl halides is 1. The van der Waals surface area contributed by atoms with E-state index in [9.17, 15) is 4.79 Å². The van der Waals surface area contributed by atoms with Crippen molar-refractivity contribution < 1.29 is 9.53 Å². The molecule has 0 amide bonds. The fraction of sp³-hybridized carbons (Fsp3) is 0.308. The number of rotatable bonds is 4. The fourth-order valence-corrected chi connectivity index (χ4v) is 1.86. The van der Waals surface area contributed by atoms with Crippen molar-refractivity contribution >= 4 is 28.0 Å². The lowest BCUT2D eigenvalue weighted by molar-refractivity contribution is 0.0601. The topological polar surface area (TPSA) is 26.3 Å². The molecule has 0 radical (unpaired) electrons. The highest BCUT2D eigenvalue weighted by molar-refractivity contribution is 9.09. The lowest BCUT2D eigenvalue weighted by Gasteiger charge is -2.02. The second-order valence-electron chi connectivity index (χ2n) is 3.40. The number of methoxy groups -OCH3 is 1. The first kappa shape index (κ1) is 13.0. The average molecular weight is 283 g/mol. The predicted octanol–water partition coefficient (Wildman–Crippen LogP) is 3.66. The van der Waals surface area contributed by atoms with Gasteiger partial charge in [0.1, 0.15) is 0 Å². The third-order valence-corrected chi connectivity index (χ3v) is 3.05. The molecule has 2 nitrogen and oxygen atoms in total. The number of halogens is 1. The Bertz CT molecular complexity index is 373. The van der Waals surface area contributed by atoms with Crippen molar-refractivity contribution in [3.8, 4) is 0 Å². The minimum Gasteiger partial charge on any atom is -0.465 e. The van der Waals surface area contributed by atoms with Gasteiger partial charge in [-0.3, -0.25) is 0 Å². The molecule has 0 fully saturated rings. The van der Waals surface area contributed by atoms with E-state index in [1.165, 1.54) is 12.7 Å². The summed E-state index contributed by atoms with van der Waals surface area (Å²) in [6, 6.07) is 7.40. The molecular weight excluding hydrogens is 268 g/mol. The molecule has 1 aromatic rings. The molecule has 16 heavy (non-hydrogen) atoms. The van der Waals surface area contributed by atoms with Gasteiger partial charge in [-0.25, -0.2) is 4.79 Å². The smallest absolute Gasteiger partial charge is 0.337 e. The van der Waals surface area contributed by atoms with Crippen molar-refractivity contribution in [2.75, 3.05) is 12.4 Å². The minimum absolute atomic E-state index is 0.299. The van der Waals surface area contributed by atoms with Crippen LogP contribution in [0.15, 0.2) is 29.8 Å². The fourth-order valence-electron chi connectivity index (χ4n) is 1.30. The Morgan fingerprint density at radius 3 is 2.44 bits per heavy atom. The Labute approximate surface area is 104 Å². The molecule has 0 unspecified atom stereocenters. The summed E-state index contributed by atoms with van der Waals surface area (Å²) in [7, 11) is 1.39. The number of hydrogen-bond donors (Lipinski definition) is 0. The van der Waals surface area contributed by atoms with Crippen LogP contribution in [0.5, 0.6) is 0 Å². The zero-order chi connectivity index (χ0) is 12.0. The van der Waals surface area contributed by atoms with Crippen LogP contribution < -0.4 is 0 Å². The molecule has 0 saturated carbocycles. The van der Waals surface area contributed by atoms with Gasteiger partial charge in [0.2, 0.25) is 0 Å². The summed E-state index contributed by atoms with van der Waals surface area (Å²) in [5.41, 5.74) is 3.01. The van der Waals surface area contributed by atoms with Gasteiger partial charge in [0.15, 0.2) is 0 Å². The molecule has 0 aliphatic carbocycles. The third-order valence-electron chi connectivity index (χ3n) is 2.33. The minimum atomic E-state index is -0.299. The molecule has 0 spiro atoms. The summed E-state index contributed by atoms with van der Waals surface area (Å²) in [4.78, 5) is 11.2. The lowest BCUT2D eigenvalue weighted by atomic mass is 10.1. The van der Waals surface area contributed by atoms with E-state index in [0.717, 1.165) is 17.3 Å². The van der Waals surface area contributed by atoms with Gasteiger partial charge in [-0.15, -0.1) is 0 Å². The maximum Gasteiger partial charge on any atom is 0.337 e. The number of benzene rings is 1. The first-order valence-corrected chi connectivity index (χ1v) is 6.27. The highest BCUT2D eigenvalue weighted by Crippen LogP contribution is 2.13. The van der Waals surface area contributed by atoms with Gasteiger partial charge < -0.3 is 4.74 Å². The molecule has 1 rings (SSSR count). The van der Waals surface area contributed by atoms with Crippen molar-refractivity contribution in [2.45, 2.75) is 13.3 Å². The lowest BCUT2D eigenvalue weighted by Crippen LogP contribution is -2.00. The van der Waals surface area contributed by atoms with Gasteiger partial charge in [-0.2, -0.15) is 0 Å². The van der Waals surface area contributed by atoms with Gasteiger partial charge in [0, 0.05) is 5.33 Å². The van der Waals surface area contributed by atoms with Gasteiger partial charge >= 0.3 is 5.97 Å². The Hall–Kier alpha value is -1.09. The number of carbonyl (C=O) groups excluding carboxylic acids is 1. The van der Waals surface area contributed by atoms with Crippen LogP contribution in [-0.2, 0) is 4.74 Å². The van der Waals surface area contributed by atoms with E-state index < -0.39 is 0 Å². The van der Waals surface area contributed by atoms with Gasteiger partial charge in [0.25, 0.3) is 0 Å². The van der Waals surface area contributed by atoms with Crippen molar-refractivity contribution in [3.05, 3.63) is 41.0 Å². The largest absolute Gasteiger partial charge is 0.465 e. The first-order valence-electron chi connectivity index (χ1n) is 5.15. The zero-order valence-electron chi connectivity index (χ0n) is 9.50. The molecule has 3 heteroatoms. The summed E-state index contributed by atoms with van der Waals surface area (Å²) in [5.74, 6) is -0.299. The molecular formula is C13H15BrO2. The Morgan fingerprint density at radius 1 is 1.38 bits per heavy atom. The van der Waals surface area contributed by atoms with E-state index >= 15 is 0 Å². The van der Waals surface area contributed by atoms with Crippen LogP contribution >= 0.6 is 15.9 Å². The van der Waals surface area contributed by atoms with E-state index in [1.54, 1.807) is 12.1 Å². The summed E-state index contributed by atoms with van der Waals surface area (Å²) in [6.45, 7) is 2.12. The zero-order valence-corrected chi connectivity index (χ0v) is 11.1. The van der Waals surface area contributed by atoms with Crippen molar-refractivity contribution in [1.82, 2.24) is 0 Å². The third kappa shape index (κ3) is 3.49. The summed E-state index contributed by atoms with van der Waals surface area (Å²) < 4.78 is 4.64. The highest BCUT2D eigenvalue weighted by Gasteiger charge is 2.03. The molecule has 0 aliphatic rings. The summed E-state index contributed by atoms with van der Waals surface area (Å²) in [5, 5.41) is 0.877. The number of ether oxygens (including phenoxy) is 1. The van der Waals surface area contributed by atoms with Crippen LogP contribution in [0, 0.1) is 0 Å². The highest BCUT2D eigenvalue weighted by atomic mass is 79.9. The van der Waals surface area contributed by atoms with E-state index in [0.29, 0.717) is 5.56 Å². The molecule has 86 valence electrons. The molecule has 0 bridgehead atoms. The van der Waals surface area contributed by atoms with Crippen molar-refractivity contribution in [3.63, 3.8) is 0 Å². The normalized spacial score (nSPS) is 11.3. The maximum atomic E-state index is 11.2. The van der Waals surface area contributed by atoms with Crippen molar-refractivity contribution in [2.24, 2.45) is 0 Å². The molecule has 0 N–H and O–H groups in total. The maximum absolute atomic E-state index is 11.2. The van der Waals surface area contributed by atoms with Crippen molar-refractivity contribution in [1.29, 1.82) is 0 Å². The monoisotopic (exact) mass is 282 g/mol. The van der Waals surface area contributed by atoms with E-state index in [2.05, 4.69) is 33.7 Å². The van der Waals surface area contributed by atoms with E-state index in [-0.39, 0.29) is 5.97 Å². The van der Waals surface area contributed by atoms with Gasteiger partial charge in [0.05, 0.1) is 12.7 Å². The van der Waals surface area contributed by atoms with Crippen LogP contribution in [0.1, 0.15) is 29.3 Å². The Morgan fingerprint density at radius 2 is 2.00 bits per heavy atom.